The number of carbonyl (C=O) groups excluding carboxylic acids is 3. The summed E-state index contributed by atoms with van der Waals surface area (Å²) in [5, 5.41) is 2.50. The highest BCUT2D eigenvalue weighted by atomic mass is 16.8. The summed E-state index contributed by atoms with van der Waals surface area (Å²) >= 11 is 0. The van der Waals surface area contributed by atoms with Crippen LogP contribution >= 0.6 is 0 Å². The van der Waals surface area contributed by atoms with E-state index in [1.165, 1.54) is 7.05 Å². The van der Waals surface area contributed by atoms with Gasteiger partial charge in [0.05, 0.1) is 12.5 Å². The second-order valence-corrected chi connectivity index (χ2v) is 11.5. The minimum Gasteiger partial charge on any atom is -0.458 e. The molecule has 7 aliphatic rings. The van der Waals surface area contributed by atoms with E-state index in [0.717, 1.165) is 17.6 Å². The molecule has 0 aromatic carbocycles. The molecule has 2 spiro atoms. The zero-order valence-electron chi connectivity index (χ0n) is 20.4. The molecule has 5 fully saturated rings. The molecular formula is C25H31NO9. The van der Waals surface area contributed by atoms with Crippen LogP contribution in [0.5, 0.6) is 0 Å². The maximum atomic E-state index is 12.8. The molecule has 4 heterocycles. The molecule has 1 N–H and O–H groups in total. The van der Waals surface area contributed by atoms with E-state index in [1.54, 1.807) is 0 Å². The molecular weight excluding hydrogens is 458 g/mol. The van der Waals surface area contributed by atoms with Crippen molar-refractivity contribution in [3.8, 4) is 0 Å². The van der Waals surface area contributed by atoms with Gasteiger partial charge < -0.3 is 33.7 Å². The van der Waals surface area contributed by atoms with Crippen molar-refractivity contribution in [1.29, 1.82) is 0 Å². The number of nitrogens with one attached hydrogen (secondary N) is 1. The fourth-order valence-electron chi connectivity index (χ4n) is 8.32. The molecule has 10 heteroatoms. The summed E-state index contributed by atoms with van der Waals surface area (Å²) in [5.41, 5.74) is -0.589. The van der Waals surface area contributed by atoms with Gasteiger partial charge in [-0.2, -0.15) is 0 Å². The van der Waals surface area contributed by atoms with E-state index in [9.17, 15) is 14.4 Å². The van der Waals surface area contributed by atoms with E-state index in [1.807, 2.05) is 0 Å². The maximum absolute atomic E-state index is 12.8. The van der Waals surface area contributed by atoms with Crippen molar-refractivity contribution in [2.75, 3.05) is 20.3 Å². The topological polar surface area (TPSA) is 129 Å². The Morgan fingerprint density at radius 3 is 2.74 bits per heavy atom. The molecule has 0 radical (unpaired) electrons. The number of epoxide rings is 3. The second kappa shape index (κ2) is 6.58. The van der Waals surface area contributed by atoms with Crippen LogP contribution in [0.1, 0.15) is 46.5 Å². The van der Waals surface area contributed by atoms with Crippen molar-refractivity contribution < 1.29 is 42.8 Å². The molecule has 3 saturated heterocycles. The van der Waals surface area contributed by atoms with Crippen molar-refractivity contribution in [3.05, 3.63) is 11.1 Å². The van der Waals surface area contributed by atoms with E-state index in [-0.39, 0.29) is 60.5 Å². The van der Waals surface area contributed by atoms with Gasteiger partial charge in [-0.15, -0.1) is 0 Å². The smallest absolute Gasteiger partial charge is 0.458 e. The number of cyclic esters (lactones) is 1. The Balaban J connectivity index is 1.23. The van der Waals surface area contributed by atoms with Crippen molar-refractivity contribution in [2.24, 2.45) is 17.3 Å². The number of amides is 1. The lowest BCUT2D eigenvalue weighted by atomic mass is 9.46. The molecule has 10 nitrogen and oxygen atoms in total. The zero-order valence-corrected chi connectivity index (χ0v) is 20.4. The molecule has 190 valence electrons. The Morgan fingerprint density at radius 2 is 2.00 bits per heavy atom. The molecule has 1 amide bonds. The predicted octanol–water partition coefficient (Wildman–Crippen LogP) is 1.40. The van der Waals surface area contributed by atoms with E-state index >= 15 is 0 Å². The van der Waals surface area contributed by atoms with Gasteiger partial charge in [0.15, 0.2) is 11.7 Å². The Morgan fingerprint density at radius 1 is 1.20 bits per heavy atom. The quantitative estimate of drug-likeness (QED) is 0.450. The van der Waals surface area contributed by atoms with Crippen molar-refractivity contribution >= 4 is 18.0 Å². The average Bonchev–Trinajstić information content (AvgIpc) is 3.72. The van der Waals surface area contributed by atoms with Crippen LogP contribution in [0, 0.1) is 17.3 Å². The standard InChI is InChI=1S/C25H31NO9/c1-11(2)23-17(34-23)18-25(35-18)22(3)7-5-12-13(10-31-19(12)28)14(22)9-15-24(25,33-15)20(23)32-21(29)30-8-6-16(27)26-4/h11,14-15,17-18,20H,5-10H2,1-4H3,(H,26,27)/t14-,15-,17-,18-,20+,22-,23-,24+,25+/m0/s1. The van der Waals surface area contributed by atoms with Crippen LogP contribution in [0.4, 0.5) is 4.79 Å². The van der Waals surface area contributed by atoms with E-state index in [0.29, 0.717) is 19.4 Å². The van der Waals surface area contributed by atoms with Gasteiger partial charge in [-0.3, -0.25) is 4.79 Å². The highest BCUT2D eigenvalue weighted by Crippen LogP contribution is 2.83. The minimum atomic E-state index is -0.832. The summed E-state index contributed by atoms with van der Waals surface area (Å²) in [6.45, 7) is 6.61. The Bertz CT molecular complexity index is 1090. The third kappa shape index (κ3) is 2.35. The molecule has 0 bridgehead atoms. The Kier molecular flexibility index (Phi) is 4.14. The van der Waals surface area contributed by atoms with Crippen molar-refractivity contribution in [1.82, 2.24) is 5.32 Å². The lowest BCUT2D eigenvalue weighted by Gasteiger charge is -2.53. The summed E-state index contributed by atoms with van der Waals surface area (Å²) < 4.78 is 36.3. The largest absolute Gasteiger partial charge is 0.508 e. The van der Waals surface area contributed by atoms with Gasteiger partial charge in [0, 0.05) is 18.0 Å². The summed E-state index contributed by atoms with van der Waals surface area (Å²) in [5.74, 6) is -0.253. The van der Waals surface area contributed by atoms with Crippen LogP contribution in [0.15, 0.2) is 11.1 Å². The first-order chi connectivity index (χ1) is 16.7. The van der Waals surface area contributed by atoms with E-state index in [2.05, 4.69) is 26.1 Å². The number of esters is 1. The third-order valence-corrected chi connectivity index (χ3v) is 10.1. The van der Waals surface area contributed by atoms with Crippen LogP contribution in [-0.4, -0.2) is 79.5 Å². The fraction of sp³-hybridized carbons (Fsp3) is 0.800. The minimum absolute atomic E-state index is 0.0576. The van der Waals surface area contributed by atoms with Gasteiger partial charge in [0.25, 0.3) is 0 Å². The zero-order chi connectivity index (χ0) is 24.5. The van der Waals surface area contributed by atoms with Crippen LogP contribution in [0.3, 0.4) is 0 Å². The molecule has 2 saturated carbocycles. The molecule has 7 rings (SSSR count). The fourth-order valence-corrected chi connectivity index (χ4v) is 8.32. The second-order valence-electron chi connectivity index (χ2n) is 11.5. The molecule has 35 heavy (non-hydrogen) atoms. The van der Waals surface area contributed by atoms with Gasteiger partial charge in [-0.25, -0.2) is 9.59 Å². The summed E-state index contributed by atoms with van der Waals surface area (Å²) in [6.07, 6.45) is 0.139. The van der Waals surface area contributed by atoms with Gasteiger partial charge in [-0.1, -0.05) is 20.8 Å². The molecule has 9 atom stereocenters. The van der Waals surface area contributed by atoms with Gasteiger partial charge >= 0.3 is 12.1 Å². The van der Waals surface area contributed by atoms with Gasteiger partial charge in [0.1, 0.15) is 36.6 Å². The SMILES string of the molecule is CNC(=O)CCOC(=O)O[C@@H]1[C@@]2(C(C)C)O[C@H]2[C@@H]2O[C@]23[C@]12O[C@H]2C[C@H]1C2=C(CC[C@@]13C)C(=O)OC2. The lowest BCUT2D eigenvalue weighted by molar-refractivity contribution is -0.136. The van der Waals surface area contributed by atoms with Gasteiger partial charge in [0.2, 0.25) is 5.91 Å². The molecule has 0 unspecified atom stereocenters. The summed E-state index contributed by atoms with van der Waals surface area (Å²) in [6, 6.07) is 0. The van der Waals surface area contributed by atoms with Gasteiger partial charge in [-0.05, 0) is 36.7 Å². The average molecular weight is 490 g/mol. The van der Waals surface area contributed by atoms with E-state index < -0.39 is 29.1 Å². The first kappa shape index (κ1) is 22.1. The van der Waals surface area contributed by atoms with Crippen LogP contribution in [0.25, 0.3) is 0 Å². The number of rotatable bonds is 5. The van der Waals surface area contributed by atoms with Crippen LogP contribution < -0.4 is 5.32 Å². The first-order valence-electron chi connectivity index (χ1n) is 12.6. The maximum Gasteiger partial charge on any atom is 0.508 e. The summed E-state index contributed by atoms with van der Waals surface area (Å²) in [4.78, 5) is 36.6. The van der Waals surface area contributed by atoms with Crippen molar-refractivity contribution in [2.45, 2.75) is 87.7 Å². The van der Waals surface area contributed by atoms with Crippen LogP contribution in [-0.2, 0) is 38.0 Å². The van der Waals surface area contributed by atoms with Crippen molar-refractivity contribution in [3.63, 3.8) is 0 Å². The lowest BCUT2D eigenvalue weighted by Crippen LogP contribution is -2.70. The molecule has 0 aromatic heterocycles. The molecule has 4 aliphatic heterocycles. The summed E-state index contributed by atoms with van der Waals surface area (Å²) in [7, 11) is 1.53. The third-order valence-electron chi connectivity index (χ3n) is 10.1. The number of hydrogen-bond acceptors (Lipinski definition) is 9. The first-order valence-corrected chi connectivity index (χ1v) is 12.6. The number of ether oxygens (including phenoxy) is 6. The molecule has 0 aromatic rings. The Hall–Kier alpha value is -2.17. The highest BCUT2D eigenvalue weighted by Gasteiger charge is 3.01. The number of carbonyl (C=O) groups is 3. The monoisotopic (exact) mass is 489 g/mol. The normalized spacial score (nSPS) is 49.4. The van der Waals surface area contributed by atoms with E-state index in [4.69, 9.17) is 28.4 Å². The van der Waals surface area contributed by atoms with Crippen LogP contribution in [0.2, 0.25) is 0 Å². The number of hydrogen-bond donors (Lipinski definition) is 1. The Labute approximate surface area is 202 Å². The number of fused-ring (bicyclic) bond motifs is 4. The predicted molar refractivity (Wildman–Crippen MR) is 116 cm³/mol. The highest BCUT2D eigenvalue weighted by molar-refractivity contribution is 5.92. The molecule has 3 aliphatic carbocycles.